The van der Waals surface area contributed by atoms with Gasteiger partial charge in [0.15, 0.2) is 6.29 Å². The first-order chi connectivity index (χ1) is 6.74. The van der Waals surface area contributed by atoms with Gasteiger partial charge < -0.3 is 20.7 Å². The Morgan fingerprint density at radius 3 is 3.13 bits per heavy atom. The summed E-state index contributed by atoms with van der Waals surface area (Å²) in [6.07, 6.45) is 5.89. The SMILES string of the molecule is COC(=O)C1=COC(O)C2[C-]=CCC12.[Y]. The van der Waals surface area contributed by atoms with Gasteiger partial charge in [-0.05, 0) is 5.92 Å². The summed E-state index contributed by atoms with van der Waals surface area (Å²) in [6.45, 7) is 0. The Morgan fingerprint density at radius 2 is 2.47 bits per heavy atom. The summed E-state index contributed by atoms with van der Waals surface area (Å²) in [5, 5.41) is 9.45. The first-order valence-corrected chi connectivity index (χ1v) is 4.43. The minimum absolute atomic E-state index is 0. The fourth-order valence-corrected chi connectivity index (χ4v) is 1.83. The fraction of sp³-hybridized carbons (Fsp3) is 0.500. The van der Waals surface area contributed by atoms with Crippen molar-refractivity contribution in [1.29, 1.82) is 0 Å². The molecule has 0 fully saturated rings. The van der Waals surface area contributed by atoms with Gasteiger partial charge >= 0.3 is 5.97 Å². The van der Waals surface area contributed by atoms with Gasteiger partial charge in [-0.15, -0.1) is 5.92 Å². The summed E-state index contributed by atoms with van der Waals surface area (Å²) < 4.78 is 9.56. The Bertz CT molecular complexity index is 311. The first-order valence-electron chi connectivity index (χ1n) is 4.43. The topological polar surface area (TPSA) is 55.8 Å². The van der Waals surface area contributed by atoms with E-state index in [1.54, 1.807) is 0 Å². The third-order valence-corrected chi connectivity index (χ3v) is 2.58. The number of esters is 1. The van der Waals surface area contributed by atoms with Gasteiger partial charge in [-0.1, -0.05) is 6.42 Å². The van der Waals surface area contributed by atoms with E-state index < -0.39 is 12.3 Å². The summed E-state index contributed by atoms with van der Waals surface area (Å²) in [6, 6.07) is 0. The van der Waals surface area contributed by atoms with Crippen molar-refractivity contribution in [3.63, 3.8) is 0 Å². The molecule has 2 rings (SSSR count). The molecule has 0 saturated carbocycles. The molecule has 0 aromatic heterocycles. The number of carbonyl (C=O) groups is 1. The number of allylic oxidation sites excluding steroid dienone is 1. The number of hydrogen-bond donors (Lipinski definition) is 1. The van der Waals surface area contributed by atoms with Gasteiger partial charge in [0.1, 0.15) is 0 Å². The van der Waals surface area contributed by atoms with Crippen molar-refractivity contribution in [2.24, 2.45) is 11.8 Å². The number of hydrogen-bond acceptors (Lipinski definition) is 4. The predicted molar refractivity (Wildman–Crippen MR) is 46.6 cm³/mol. The Hall–Kier alpha value is -0.186. The van der Waals surface area contributed by atoms with E-state index in [2.05, 4.69) is 10.8 Å². The van der Waals surface area contributed by atoms with E-state index in [0.717, 1.165) is 0 Å². The standard InChI is InChI=1S/C10H11O4.Y/c1-13-9(11)8-5-14-10(12)7-4-2-3-6(7)8;/h2,5-7,10,12H,3H2,1H3;/q-1;. The number of methoxy groups -OCH3 is 1. The summed E-state index contributed by atoms with van der Waals surface area (Å²) in [5.74, 6) is -0.690. The Labute approximate surface area is 113 Å². The average Bonchev–Trinajstić information content (AvgIpc) is 2.67. The van der Waals surface area contributed by atoms with Crippen LogP contribution in [-0.2, 0) is 47.0 Å². The number of carbonyl (C=O) groups excluding carboxylic acids is 1. The van der Waals surface area contributed by atoms with Crippen LogP contribution in [0.5, 0.6) is 0 Å². The van der Waals surface area contributed by atoms with Gasteiger partial charge in [-0.2, -0.15) is 0 Å². The van der Waals surface area contributed by atoms with Crippen LogP contribution in [0.1, 0.15) is 6.42 Å². The molecule has 0 amide bonds. The number of ether oxygens (including phenoxy) is 2. The summed E-state index contributed by atoms with van der Waals surface area (Å²) in [4.78, 5) is 11.3. The molecule has 1 aliphatic heterocycles. The number of aliphatic hydroxyl groups excluding tert-OH is 1. The molecule has 0 spiro atoms. The Balaban J connectivity index is 0.00000112. The van der Waals surface area contributed by atoms with Gasteiger partial charge in [0.25, 0.3) is 0 Å². The molecule has 4 nitrogen and oxygen atoms in total. The van der Waals surface area contributed by atoms with Crippen molar-refractivity contribution in [2.75, 3.05) is 7.11 Å². The molecule has 3 unspecified atom stereocenters. The molecule has 79 valence electrons. The monoisotopic (exact) mass is 284 g/mol. The molecule has 1 aliphatic carbocycles. The van der Waals surface area contributed by atoms with Crippen molar-refractivity contribution >= 4 is 5.97 Å². The summed E-state index contributed by atoms with van der Waals surface area (Å²) >= 11 is 0. The molecule has 0 bridgehead atoms. The minimum Gasteiger partial charge on any atom is -0.491 e. The van der Waals surface area contributed by atoms with Gasteiger partial charge in [0, 0.05) is 32.7 Å². The van der Waals surface area contributed by atoms with E-state index in [9.17, 15) is 9.90 Å². The van der Waals surface area contributed by atoms with Crippen LogP contribution in [-0.4, -0.2) is 24.5 Å². The normalized spacial score (nSPS) is 32.1. The van der Waals surface area contributed by atoms with E-state index in [1.807, 2.05) is 6.08 Å². The largest absolute Gasteiger partial charge is 0.491 e. The molecule has 0 aromatic rings. The predicted octanol–water partition coefficient (Wildman–Crippen LogP) is 0.385. The smallest absolute Gasteiger partial charge is 0.337 e. The molecule has 1 N–H and O–H groups in total. The van der Waals surface area contributed by atoms with E-state index in [0.29, 0.717) is 12.0 Å². The third kappa shape index (κ3) is 2.32. The minimum atomic E-state index is -0.896. The van der Waals surface area contributed by atoms with Gasteiger partial charge in [0.05, 0.1) is 18.9 Å². The van der Waals surface area contributed by atoms with Crippen LogP contribution in [0.15, 0.2) is 17.9 Å². The van der Waals surface area contributed by atoms with Crippen LogP contribution < -0.4 is 0 Å². The molecule has 0 aromatic carbocycles. The third-order valence-electron chi connectivity index (χ3n) is 2.58. The molecule has 1 heterocycles. The molecule has 1 radical (unpaired) electrons. The summed E-state index contributed by atoms with van der Waals surface area (Å²) in [7, 11) is 1.33. The zero-order valence-corrected chi connectivity index (χ0v) is 11.2. The van der Waals surface area contributed by atoms with Crippen molar-refractivity contribution in [2.45, 2.75) is 12.7 Å². The van der Waals surface area contributed by atoms with Crippen LogP contribution in [0.25, 0.3) is 0 Å². The summed E-state index contributed by atoms with van der Waals surface area (Å²) in [5.41, 5.74) is 0.476. The maximum Gasteiger partial charge on any atom is 0.337 e. The first kappa shape index (κ1) is 12.9. The van der Waals surface area contributed by atoms with E-state index in [1.165, 1.54) is 13.4 Å². The molecular weight excluding hydrogens is 273 g/mol. The van der Waals surface area contributed by atoms with Crippen LogP contribution >= 0.6 is 0 Å². The second-order valence-electron chi connectivity index (χ2n) is 3.33. The van der Waals surface area contributed by atoms with Crippen molar-refractivity contribution in [3.05, 3.63) is 24.0 Å². The average molecular weight is 284 g/mol. The molecule has 3 atom stereocenters. The van der Waals surface area contributed by atoms with Gasteiger partial charge in [-0.25, -0.2) is 4.79 Å². The van der Waals surface area contributed by atoms with Crippen LogP contribution in [0.3, 0.4) is 0 Å². The fourth-order valence-electron chi connectivity index (χ4n) is 1.83. The Kier molecular flexibility index (Phi) is 4.50. The van der Waals surface area contributed by atoms with Crippen LogP contribution in [0.4, 0.5) is 0 Å². The van der Waals surface area contributed by atoms with Crippen LogP contribution in [0, 0.1) is 17.9 Å². The molecule has 5 heteroatoms. The number of aliphatic hydroxyl groups is 1. The molecular formula is C10H11O4Y-. The zero-order chi connectivity index (χ0) is 10.1. The zero-order valence-electron chi connectivity index (χ0n) is 8.34. The second kappa shape index (κ2) is 5.24. The number of rotatable bonds is 1. The molecule has 0 saturated heterocycles. The van der Waals surface area contributed by atoms with Gasteiger partial charge in [-0.3, -0.25) is 6.08 Å². The maximum atomic E-state index is 11.3. The maximum absolute atomic E-state index is 11.3. The van der Waals surface area contributed by atoms with E-state index >= 15 is 0 Å². The second-order valence-corrected chi connectivity index (χ2v) is 3.33. The van der Waals surface area contributed by atoms with Gasteiger partial charge in [0.2, 0.25) is 0 Å². The molecule has 15 heavy (non-hydrogen) atoms. The Morgan fingerprint density at radius 1 is 1.73 bits per heavy atom. The van der Waals surface area contributed by atoms with E-state index in [4.69, 9.17) is 4.74 Å². The molecule has 2 aliphatic rings. The van der Waals surface area contributed by atoms with E-state index in [-0.39, 0.29) is 44.5 Å². The van der Waals surface area contributed by atoms with Crippen molar-refractivity contribution < 1.29 is 52.1 Å². The van der Waals surface area contributed by atoms with Crippen LogP contribution in [0.2, 0.25) is 0 Å². The van der Waals surface area contributed by atoms with Crippen molar-refractivity contribution in [3.8, 4) is 0 Å². The van der Waals surface area contributed by atoms with Crippen molar-refractivity contribution in [1.82, 2.24) is 0 Å². The number of fused-ring (bicyclic) bond motifs is 1. The quantitative estimate of drug-likeness (QED) is 0.559.